The fourth-order valence-corrected chi connectivity index (χ4v) is 4.55. The van der Waals surface area contributed by atoms with E-state index in [1.165, 1.54) is 0 Å². The maximum atomic E-state index is 4.54. The lowest BCUT2D eigenvalue weighted by Crippen LogP contribution is -2.04. The Hall–Kier alpha value is -2.31. The van der Waals surface area contributed by atoms with E-state index in [4.69, 9.17) is 0 Å². The molecule has 4 rings (SSSR count). The SMILES string of the molecule is Cc1cccc(CNc2ncnc3sc(Br)c(-c4ccccc4)c23)n1. The number of aryl methyl sites for hydroxylation is 1. The molecule has 25 heavy (non-hydrogen) atoms. The van der Waals surface area contributed by atoms with Crippen LogP contribution in [0.2, 0.25) is 0 Å². The van der Waals surface area contributed by atoms with Crippen molar-refractivity contribution in [1.29, 1.82) is 0 Å². The van der Waals surface area contributed by atoms with Gasteiger partial charge in [0.15, 0.2) is 0 Å². The van der Waals surface area contributed by atoms with Crippen LogP contribution in [0, 0.1) is 6.92 Å². The van der Waals surface area contributed by atoms with Crippen molar-refractivity contribution in [2.24, 2.45) is 0 Å². The number of halogens is 1. The predicted octanol–water partition coefficient (Wildman–Crippen LogP) is 5.44. The van der Waals surface area contributed by atoms with Gasteiger partial charge in [0.2, 0.25) is 0 Å². The van der Waals surface area contributed by atoms with E-state index in [9.17, 15) is 0 Å². The highest BCUT2D eigenvalue weighted by Crippen LogP contribution is 2.43. The van der Waals surface area contributed by atoms with Crippen molar-refractivity contribution in [2.45, 2.75) is 13.5 Å². The largest absolute Gasteiger partial charge is 0.364 e. The van der Waals surface area contributed by atoms with Gasteiger partial charge in [0.05, 0.1) is 21.4 Å². The first-order chi connectivity index (χ1) is 12.2. The summed E-state index contributed by atoms with van der Waals surface area (Å²) < 4.78 is 1.06. The molecule has 6 heteroatoms. The molecule has 4 nitrogen and oxygen atoms in total. The molecule has 0 saturated heterocycles. The molecule has 0 aliphatic heterocycles. The summed E-state index contributed by atoms with van der Waals surface area (Å²) in [6, 6.07) is 16.3. The van der Waals surface area contributed by atoms with Crippen molar-refractivity contribution in [3.8, 4) is 11.1 Å². The summed E-state index contributed by atoms with van der Waals surface area (Å²) in [6.45, 7) is 2.62. The van der Waals surface area contributed by atoms with Crippen molar-refractivity contribution in [1.82, 2.24) is 15.0 Å². The van der Waals surface area contributed by atoms with E-state index in [-0.39, 0.29) is 0 Å². The first kappa shape index (κ1) is 16.2. The van der Waals surface area contributed by atoms with Gasteiger partial charge < -0.3 is 5.32 Å². The molecule has 4 aromatic rings. The number of hydrogen-bond donors (Lipinski definition) is 1. The van der Waals surface area contributed by atoms with Crippen LogP contribution in [-0.4, -0.2) is 15.0 Å². The standard InChI is InChI=1S/C19H15BrN4S/c1-12-6-5-9-14(24-12)10-21-18-16-15(13-7-3-2-4-8-13)17(20)25-19(16)23-11-22-18/h2-9,11H,10H2,1H3,(H,21,22,23). The molecule has 0 atom stereocenters. The van der Waals surface area contributed by atoms with Crippen LogP contribution in [0.4, 0.5) is 5.82 Å². The van der Waals surface area contributed by atoms with Crippen molar-refractivity contribution in [3.63, 3.8) is 0 Å². The Kier molecular flexibility index (Phi) is 4.46. The highest BCUT2D eigenvalue weighted by Gasteiger charge is 2.17. The second kappa shape index (κ2) is 6.90. The molecular weight excluding hydrogens is 396 g/mol. The van der Waals surface area contributed by atoms with E-state index in [1.807, 2.05) is 43.3 Å². The summed E-state index contributed by atoms with van der Waals surface area (Å²) in [5.74, 6) is 0.828. The third-order valence-corrected chi connectivity index (χ3v) is 5.66. The number of hydrogen-bond acceptors (Lipinski definition) is 5. The second-order valence-corrected chi connectivity index (χ2v) is 7.96. The number of thiophene rings is 1. The minimum Gasteiger partial charge on any atom is -0.364 e. The van der Waals surface area contributed by atoms with Crippen LogP contribution in [0.1, 0.15) is 11.4 Å². The van der Waals surface area contributed by atoms with Crippen LogP contribution < -0.4 is 5.32 Å². The minimum atomic E-state index is 0.621. The third-order valence-electron chi connectivity index (χ3n) is 3.89. The number of pyridine rings is 1. The maximum Gasteiger partial charge on any atom is 0.139 e. The van der Waals surface area contributed by atoms with Crippen molar-refractivity contribution in [3.05, 3.63) is 70.0 Å². The number of nitrogens with zero attached hydrogens (tertiary/aromatic N) is 3. The van der Waals surface area contributed by atoms with E-state index >= 15 is 0 Å². The number of nitrogens with one attached hydrogen (secondary N) is 1. The van der Waals surface area contributed by atoms with Gasteiger partial charge in [0.25, 0.3) is 0 Å². The van der Waals surface area contributed by atoms with Crippen LogP contribution in [-0.2, 0) is 6.54 Å². The van der Waals surface area contributed by atoms with Gasteiger partial charge in [0, 0.05) is 11.3 Å². The molecule has 0 unspecified atom stereocenters. The molecule has 3 heterocycles. The fourth-order valence-electron chi connectivity index (χ4n) is 2.78. The van der Waals surface area contributed by atoms with Gasteiger partial charge >= 0.3 is 0 Å². The summed E-state index contributed by atoms with van der Waals surface area (Å²) in [7, 11) is 0. The summed E-state index contributed by atoms with van der Waals surface area (Å²) >= 11 is 5.32. The van der Waals surface area contributed by atoms with E-state index in [0.717, 1.165) is 42.3 Å². The number of benzene rings is 1. The van der Waals surface area contributed by atoms with Crippen LogP contribution in [0.15, 0.2) is 58.6 Å². The predicted molar refractivity (Wildman–Crippen MR) is 107 cm³/mol. The second-order valence-electron chi connectivity index (χ2n) is 5.64. The molecule has 0 spiro atoms. The zero-order valence-corrected chi connectivity index (χ0v) is 15.9. The zero-order valence-electron chi connectivity index (χ0n) is 13.5. The Balaban J connectivity index is 1.77. The number of anilines is 1. The minimum absolute atomic E-state index is 0.621. The smallest absolute Gasteiger partial charge is 0.139 e. The lowest BCUT2D eigenvalue weighted by atomic mass is 10.1. The van der Waals surface area contributed by atoms with Crippen molar-refractivity contribution < 1.29 is 0 Å². The zero-order chi connectivity index (χ0) is 17.2. The lowest BCUT2D eigenvalue weighted by molar-refractivity contribution is 1.00. The van der Waals surface area contributed by atoms with E-state index in [0.29, 0.717) is 6.54 Å². The van der Waals surface area contributed by atoms with Gasteiger partial charge in [-0.1, -0.05) is 36.4 Å². The average molecular weight is 411 g/mol. The molecule has 0 fully saturated rings. The summed E-state index contributed by atoms with van der Waals surface area (Å²) in [6.07, 6.45) is 1.60. The molecular formula is C19H15BrN4S. The van der Waals surface area contributed by atoms with Gasteiger partial charge in [-0.2, -0.15) is 0 Å². The molecule has 1 N–H and O–H groups in total. The molecule has 0 radical (unpaired) electrons. The van der Waals surface area contributed by atoms with Crippen LogP contribution in [0.25, 0.3) is 21.3 Å². The average Bonchev–Trinajstić information content (AvgIpc) is 2.97. The molecule has 0 amide bonds. The topological polar surface area (TPSA) is 50.7 Å². The van der Waals surface area contributed by atoms with Crippen LogP contribution >= 0.6 is 27.3 Å². The Morgan fingerprint density at radius 1 is 1.04 bits per heavy atom. The number of fused-ring (bicyclic) bond motifs is 1. The highest BCUT2D eigenvalue weighted by molar-refractivity contribution is 9.11. The summed E-state index contributed by atoms with van der Waals surface area (Å²) in [5.41, 5.74) is 4.27. The Labute approximate surface area is 158 Å². The number of rotatable bonds is 4. The molecule has 0 aliphatic rings. The van der Waals surface area contributed by atoms with Gasteiger partial charge in [-0.05, 0) is 40.5 Å². The summed E-state index contributed by atoms with van der Waals surface area (Å²) in [5, 5.41) is 4.47. The van der Waals surface area contributed by atoms with Gasteiger partial charge in [-0.25, -0.2) is 9.97 Å². The number of aromatic nitrogens is 3. The van der Waals surface area contributed by atoms with Gasteiger partial charge in [-0.15, -0.1) is 11.3 Å². The van der Waals surface area contributed by atoms with E-state index in [2.05, 4.69) is 48.3 Å². The van der Waals surface area contributed by atoms with Crippen molar-refractivity contribution in [2.75, 3.05) is 5.32 Å². The van der Waals surface area contributed by atoms with Gasteiger partial charge in [-0.3, -0.25) is 4.98 Å². The fraction of sp³-hybridized carbons (Fsp3) is 0.105. The molecule has 1 aromatic carbocycles. The summed E-state index contributed by atoms with van der Waals surface area (Å²) in [4.78, 5) is 14.4. The molecule has 0 aliphatic carbocycles. The van der Waals surface area contributed by atoms with Crippen LogP contribution in [0.5, 0.6) is 0 Å². The first-order valence-electron chi connectivity index (χ1n) is 7.87. The van der Waals surface area contributed by atoms with Crippen LogP contribution in [0.3, 0.4) is 0 Å². The monoisotopic (exact) mass is 410 g/mol. The quantitative estimate of drug-likeness (QED) is 0.486. The van der Waals surface area contributed by atoms with Gasteiger partial charge in [0.1, 0.15) is 17.0 Å². The third kappa shape index (κ3) is 3.27. The Morgan fingerprint density at radius 3 is 2.68 bits per heavy atom. The molecule has 3 aromatic heterocycles. The Bertz CT molecular complexity index is 1030. The van der Waals surface area contributed by atoms with E-state index in [1.54, 1.807) is 17.7 Å². The lowest BCUT2D eigenvalue weighted by Gasteiger charge is -2.09. The molecule has 0 bridgehead atoms. The molecule has 0 saturated carbocycles. The first-order valence-corrected chi connectivity index (χ1v) is 9.48. The Morgan fingerprint density at radius 2 is 1.88 bits per heavy atom. The van der Waals surface area contributed by atoms with E-state index < -0.39 is 0 Å². The van der Waals surface area contributed by atoms with Crippen molar-refractivity contribution >= 4 is 43.3 Å². The maximum absolute atomic E-state index is 4.54. The molecule has 124 valence electrons. The highest BCUT2D eigenvalue weighted by atomic mass is 79.9. The normalized spacial score (nSPS) is 11.0.